The largest absolute Gasteiger partial charge is 0.454 e. The monoisotopic (exact) mass is 353 g/mol. The van der Waals surface area contributed by atoms with Crippen LogP contribution in [0.15, 0.2) is 40.8 Å². The molecule has 0 atom stereocenters. The van der Waals surface area contributed by atoms with Crippen LogP contribution in [0.2, 0.25) is 0 Å². The Morgan fingerprint density at radius 1 is 1.25 bits per heavy atom. The van der Waals surface area contributed by atoms with Crippen molar-refractivity contribution in [3.8, 4) is 22.8 Å². The highest BCUT2D eigenvalue weighted by molar-refractivity contribution is 7.85. The first-order valence-electron chi connectivity index (χ1n) is 6.74. The standard InChI is InChI=1S/C14H12FN3O.CH4O3S/c1-8-13(18-14(16)17-8)12-6-5-11(19-12)9-3-2-4-10(15)7-9;1-5(2,3)4/h2-7H,1H3,(H3,16,17,18);1H3,(H,2,3,4). The fourth-order valence-corrected chi connectivity index (χ4v) is 1.99. The van der Waals surface area contributed by atoms with E-state index in [-0.39, 0.29) is 5.82 Å². The number of nitrogens with zero attached hydrogens (tertiary/aromatic N) is 1. The molecule has 0 aliphatic rings. The zero-order valence-corrected chi connectivity index (χ0v) is 13.8. The molecule has 0 amide bonds. The molecule has 2 aromatic heterocycles. The van der Waals surface area contributed by atoms with Gasteiger partial charge in [-0.3, -0.25) is 4.55 Å². The number of hydrogen-bond acceptors (Lipinski definition) is 5. The summed E-state index contributed by atoms with van der Waals surface area (Å²) in [5, 5.41) is 0. The highest BCUT2D eigenvalue weighted by atomic mass is 32.2. The molecule has 0 spiro atoms. The minimum Gasteiger partial charge on any atom is -0.454 e. The summed E-state index contributed by atoms with van der Waals surface area (Å²) in [5.41, 5.74) is 7.78. The Morgan fingerprint density at radius 3 is 2.42 bits per heavy atom. The quantitative estimate of drug-likeness (QED) is 0.609. The number of aryl methyl sites for hydroxylation is 1. The molecule has 7 nitrogen and oxygen atoms in total. The number of nitrogens with one attached hydrogen (secondary N) is 1. The van der Waals surface area contributed by atoms with E-state index in [2.05, 4.69) is 9.97 Å². The van der Waals surface area contributed by atoms with Crippen molar-refractivity contribution >= 4 is 16.1 Å². The Hall–Kier alpha value is -2.65. The van der Waals surface area contributed by atoms with E-state index in [0.29, 0.717) is 35.0 Å². The number of imidazole rings is 1. The van der Waals surface area contributed by atoms with Gasteiger partial charge >= 0.3 is 0 Å². The number of aromatic amines is 1. The van der Waals surface area contributed by atoms with Gasteiger partial charge in [-0.25, -0.2) is 9.37 Å². The van der Waals surface area contributed by atoms with E-state index < -0.39 is 10.1 Å². The average Bonchev–Trinajstić information content (AvgIpc) is 3.03. The third-order valence-corrected chi connectivity index (χ3v) is 2.85. The van der Waals surface area contributed by atoms with Crippen molar-refractivity contribution in [3.05, 3.63) is 47.9 Å². The molecular weight excluding hydrogens is 337 g/mol. The molecule has 0 saturated carbocycles. The number of halogens is 1. The number of rotatable bonds is 2. The fraction of sp³-hybridized carbons (Fsp3) is 0.133. The predicted molar refractivity (Wildman–Crippen MR) is 88.3 cm³/mol. The SMILES string of the molecule is CS(=O)(=O)O.Cc1[nH]c(N)nc1-c1ccc(-c2cccc(F)c2)o1. The van der Waals surface area contributed by atoms with Crippen LogP contribution in [-0.2, 0) is 10.1 Å². The van der Waals surface area contributed by atoms with E-state index in [4.69, 9.17) is 14.7 Å². The summed E-state index contributed by atoms with van der Waals surface area (Å²) in [6.07, 6.45) is 0.715. The van der Waals surface area contributed by atoms with Gasteiger partial charge in [-0.15, -0.1) is 0 Å². The van der Waals surface area contributed by atoms with Crippen LogP contribution in [0.25, 0.3) is 22.8 Å². The topological polar surface area (TPSA) is 122 Å². The molecule has 4 N–H and O–H groups in total. The summed E-state index contributed by atoms with van der Waals surface area (Å²) in [7, 11) is -3.67. The van der Waals surface area contributed by atoms with Gasteiger partial charge in [0, 0.05) is 11.3 Å². The van der Waals surface area contributed by atoms with Gasteiger partial charge in [0.05, 0.1) is 6.26 Å². The molecular formula is C15H16FN3O4S. The number of nitrogens with two attached hydrogens (primary N) is 1. The third-order valence-electron chi connectivity index (χ3n) is 2.85. The van der Waals surface area contributed by atoms with Gasteiger partial charge in [0.2, 0.25) is 0 Å². The fourth-order valence-electron chi connectivity index (χ4n) is 1.99. The smallest absolute Gasteiger partial charge is 0.261 e. The Labute approximate surface area is 138 Å². The van der Waals surface area contributed by atoms with Crippen molar-refractivity contribution in [1.29, 1.82) is 0 Å². The summed E-state index contributed by atoms with van der Waals surface area (Å²) >= 11 is 0. The van der Waals surface area contributed by atoms with Crippen LogP contribution in [-0.4, -0.2) is 29.2 Å². The van der Waals surface area contributed by atoms with E-state index >= 15 is 0 Å². The van der Waals surface area contributed by atoms with Gasteiger partial charge in [-0.1, -0.05) is 12.1 Å². The third kappa shape index (κ3) is 4.93. The van der Waals surface area contributed by atoms with E-state index in [1.54, 1.807) is 24.3 Å². The van der Waals surface area contributed by atoms with Crippen molar-refractivity contribution in [3.63, 3.8) is 0 Å². The highest BCUT2D eigenvalue weighted by Crippen LogP contribution is 2.29. The molecule has 0 fully saturated rings. The van der Waals surface area contributed by atoms with Crippen LogP contribution >= 0.6 is 0 Å². The second-order valence-electron chi connectivity index (χ2n) is 5.00. The minimum atomic E-state index is -3.67. The van der Waals surface area contributed by atoms with E-state index in [0.717, 1.165) is 5.69 Å². The first kappa shape index (κ1) is 17.7. The van der Waals surface area contributed by atoms with E-state index in [1.165, 1.54) is 12.1 Å². The van der Waals surface area contributed by atoms with Crippen LogP contribution in [0, 0.1) is 12.7 Å². The second kappa shape index (κ2) is 6.85. The summed E-state index contributed by atoms with van der Waals surface area (Å²) in [6.45, 7) is 1.86. The molecule has 0 aliphatic heterocycles. The van der Waals surface area contributed by atoms with Gasteiger partial charge in [0.1, 0.15) is 17.3 Å². The number of aromatic nitrogens is 2. The molecule has 3 rings (SSSR count). The number of hydrogen-bond donors (Lipinski definition) is 3. The zero-order chi connectivity index (χ0) is 17.9. The Morgan fingerprint density at radius 2 is 1.88 bits per heavy atom. The summed E-state index contributed by atoms with van der Waals surface area (Å²) in [5.74, 6) is 1.24. The molecule has 0 bridgehead atoms. The van der Waals surface area contributed by atoms with Gasteiger partial charge < -0.3 is 15.1 Å². The number of nitrogen functional groups attached to an aromatic ring is 1. The normalized spacial score (nSPS) is 11.0. The molecule has 128 valence electrons. The molecule has 0 radical (unpaired) electrons. The lowest BCUT2D eigenvalue weighted by Crippen LogP contribution is -1.88. The molecule has 3 aromatic rings. The Bertz CT molecular complexity index is 939. The Balaban J connectivity index is 0.000000368. The zero-order valence-electron chi connectivity index (χ0n) is 12.9. The van der Waals surface area contributed by atoms with Crippen molar-refractivity contribution in [2.45, 2.75) is 6.92 Å². The maximum Gasteiger partial charge on any atom is 0.261 e. The van der Waals surface area contributed by atoms with Crippen molar-refractivity contribution < 1.29 is 21.8 Å². The lowest BCUT2D eigenvalue weighted by molar-refractivity contribution is 0.490. The average molecular weight is 353 g/mol. The Kier molecular flexibility index (Phi) is 5.05. The predicted octanol–water partition coefficient (Wildman–Crippen LogP) is 2.87. The molecule has 0 aliphatic carbocycles. The number of benzene rings is 1. The summed E-state index contributed by atoms with van der Waals surface area (Å²) in [4.78, 5) is 7.07. The first-order valence-corrected chi connectivity index (χ1v) is 8.59. The van der Waals surface area contributed by atoms with Crippen LogP contribution in [0.3, 0.4) is 0 Å². The lowest BCUT2D eigenvalue weighted by Gasteiger charge is -1.97. The number of furan rings is 1. The molecule has 0 saturated heterocycles. The summed E-state index contributed by atoms with van der Waals surface area (Å²) in [6, 6.07) is 9.83. The van der Waals surface area contributed by atoms with Crippen LogP contribution in [0.4, 0.5) is 10.3 Å². The van der Waals surface area contributed by atoms with E-state index in [1.807, 2.05) is 6.92 Å². The number of anilines is 1. The second-order valence-corrected chi connectivity index (χ2v) is 6.47. The highest BCUT2D eigenvalue weighted by Gasteiger charge is 2.12. The maximum absolute atomic E-state index is 13.2. The molecule has 24 heavy (non-hydrogen) atoms. The van der Waals surface area contributed by atoms with Crippen LogP contribution in [0.5, 0.6) is 0 Å². The van der Waals surface area contributed by atoms with E-state index in [9.17, 15) is 12.8 Å². The van der Waals surface area contributed by atoms with Crippen molar-refractivity contribution in [1.82, 2.24) is 9.97 Å². The van der Waals surface area contributed by atoms with Gasteiger partial charge in [-0.05, 0) is 31.2 Å². The summed E-state index contributed by atoms with van der Waals surface area (Å²) < 4.78 is 44.7. The molecule has 9 heteroatoms. The van der Waals surface area contributed by atoms with Crippen molar-refractivity contribution in [2.24, 2.45) is 0 Å². The molecule has 1 aromatic carbocycles. The van der Waals surface area contributed by atoms with Gasteiger partial charge in [0.25, 0.3) is 10.1 Å². The first-order chi connectivity index (χ1) is 11.1. The maximum atomic E-state index is 13.2. The molecule has 0 unspecified atom stereocenters. The van der Waals surface area contributed by atoms with Gasteiger partial charge in [-0.2, -0.15) is 8.42 Å². The van der Waals surface area contributed by atoms with Crippen LogP contribution in [0.1, 0.15) is 5.69 Å². The number of H-pyrrole nitrogens is 1. The lowest BCUT2D eigenvalue weighted by atomic mass is 10.2. The van der Waals surface area contributed by atoms with Crippen molar-refractivity contribution in [2.75, 3.05) is 12.0 Å². The minimum absolute atomic E-state index is 0.296. The van der Waals surface area contributed by atoms with Gasteiger partial charge in [0.15, 0.2) is 11.7 Å². The molecule has 2 heterocycles. The van der Waals surface area contributed by atoms with Crippen LogP contribution < -0.4 is 5.73 Å².